The number of nitrogens with zero attached hydrogens (tertiary/aromatic N) is 6. The SMILES string of the molecule is COc1cc(-c2nnc(SCC(=O)N/N=C\c3cn(-c4ccccc4)nc3-c3ccc(C)cc3)n2-c2ccccc2)cc(OC)c1OC. The number of rotatable bonds is 12. The zero-order valence-electron chi connectivity index (χ0n) is 26.8. The minimum atomic E-state index is -0.305. The van der Waals surface area contributed by atoms with Crippen LogP contribution < -0.4 is 19.6 Å². The normalized spacial score (nSPS) is 11.1. The van der Waals surface area contributed by atoms with Gasteiger partial charge in [0.2, 0.25) is 5.75 Å². The third-order valence-electron chi connectivity index (χ3n) is 7.38. The molecule has 0 aliphatic rings. The number of hydrogen-bond acceptors (Lipinski definition) is 9. The van der Waals surface area contributed by atoms with Gasteiger partial charge in [-0.3, -0.25) is 9.36 Å². The van der Waals surface area contributed by atoms with E-state index in [1.54, 1.807) is 32.2 Å². The van der Waals surface area contributed by atoms with Crippen LogP contribution in [0, 0.1) is 6.92 Å². The summed E-state index contributed by atoms with van der Waals surface area (Å²) in [5.74, 6) is 1.73. The number of benzene rings is 4. The van der Waals surface area contributed by atoms with Gasteiger partial charge >= 0.3 is 0 Å². The molecule has 242 valence electrons. The fourth-order valence-electron chi connectivity index (χ4n) is 5.04. The number of methoxy groups -OCH3 is 3. The smallest absolute Gasteiger partial charge is 0.250 e. The number of carbonyl (C=O) groups is 1. The highest BCUT2D eigenvalue weighted by Crippen LogP contribution is 2.41. The van der Waals surface area contributed by atoms with Crippen molar-refractivity contribution in [2.75, 3.05) is 27.1 Å². The molecule has 0 saturated heterocycles. The third-order valence-corrected chi connectivity index (χ3v) is 8.31. The maximum atomic E-state index is 13.0. The van der Waals surface area contributed by atoms with Gasteiger partial charge in [-0.1, -0.05) is 78.0 Å². The monoisotopic (exact) mass is 659 g/mol. The predicted octanol–water partition coefficient (Wildman–Crippen LogP) is 6.36. The van der Waals surface area contributed by atoms with Crippen molar-refractivity contribution in [3.8, 4) is 51.3 Å². The maximum absolute atomic E-state index is 13.0. The summed E-state index contributed by atoms with van der Waals surface area (Å²) >= 11 is 1.24. The second-order valence-electron chi connectivity index (χ2n) is 10.6. The second kappa shape index (κ2) is 14.7. The van der Waals surface area contributed by atoms with Gasteiger partial charge in [0.15, 0.2) is 22.5 Å². The van der Waals surface area contributed by atoms with Crippen LogP contribution in [0.4, 0.5) is 0 Å². The summed E-state index contributed by atoms with van der Waals surface area (Å²) in [6.07, 6.45) is 3.50. The zero-order valence-corrected chi connectivity index (χ0v) is 27.6. The first kappa shape index (κ1) is 32.1. The highest BCUT2D eigenvalue weighted by molar-refractivity contribution is 7.99. The number of hydrogen-bond donors (Lipinski definition) is 1. The number of thioether (sulfide) groups is 1. The Labute approximate surface area is 282 Å². The summed E-state index contributed by atoms with van der Waals surface area (Å²) in [5.41, 5.74) is 8.69. The van der Waals surface area contributed by atoms with E-state index in [9.17, 15) is 4.79 Å². The summed E-state index contributed by atoms with van der Waals surface area (Å²) in [6, 6.07) is 31.3. The molecule has 12 heteroatoms. The van der Waals surface area contributed by atoms with Crippen molar-refractivity contribution in [1.82, 2.24) is 30.0 Å². The average molecular weight is 660 g/mol. The van der Waals surface area contributed by atoms with Crippen LogP contribution in [0.25, 0.3) is 34.0 Å². The van der Waals surface area contributed by atoms with E-state index in [-0.39, 0.29) is 11.7 Å². The van der Waals surface area contributed by atoms with Gasteiger partial charge in [-0.15, -0.1) is 10.2 Å². The largest absolute Gasteiger partial charge is 0.493 e. The Kier molecular flexibility index (Phi) is 9.82. The Morgan fingerprint density at radius 1 is 0.833 bits per heavy atom. The van der Waals surface area contributed by atoms with E-state index in [1.807, 2.05) is 115 Å². The van der Waals surface area contributed by atoms with Crippen LogP contribution in [0.5, 0.6) is 17.2 Å². The molecule has 4 aromatic carbocycles. The zero-order chi connectivity index (χ0) is 33.5. The summed E-state index contributed by atoms with van der Waals surface area (Å²) in [4.78, 5) is 13.0. The second-order valence-corrected chi connectivity index (χ2v) is 11.5. The first-order chi connectivity index (χ1) is 23.5. The van der Waals surface area contributed by atoms with Gasteiger partial charge in [0.05, 0.1) is 39.0 Å². The lowest BCUT2D eigenvalue weighted by Gasteiger charge is -2.15. The molecule has 0 aliphatic carbocycles. The molecular weight excluding hydrogens is 627 g/mol. The van der Waals surface area contributed by atoms with Crippen molar-refractivity contribution >= 4 is 23.9 Å². The van der Waals surface area contributed by atoms with Gasteiger partial charge < -0.3 is 14.2 Å². The molecule has 6 aromatic rings. The molecule has 0 unspecified atom stereocenters. The lowest BCUT2D eigenvalue weighted by molar-refractivity contribution is -0.118. The van der Waals surface area contributed by atoms with Crippen LogP contribution in [-0.2, 0) is 4.79 Å². The lowest BCUT2D eigenvalue weighted by atomic mass is 10.1. The van der Waals surface area contributed by atoms with Crippen molar-refractivity contribution in [1.29, 1.82) is 0 Å². The Morgan fingerprint density at radius 2 is 1.48 bits per heavy atom. The summed E-state index contributed by atoms with van der Waals surface area (Å²) in [7, 11) is 4.67. The molecule has 48 heavy (non-hydrogen) atoms. The van der Waals surface area contributed by atoms with Crippen molar-refractivity contribution in [3.63, 3.8) is 0 Å². The highest BCUT2D eigenvalue weighted by atomic mass is 32.2. The predicted molar refractivity (Wildman–Crippen MR) is 187 cm³/mol. The number of carbonyl (C=O) groups excluding carboxylic acids is 1. The van der Waals surface area contributed by atoms with Crippen LogP contribution >= 0.6 is 11.8 Å². The fraction of sp³-hybridized carbons (Fsp3) is 0.139. The van der Waals surface area contributed by atoms with Crippen LogP contribution in [0.1, 0.15) is 11.1 Å². The molecule has 1 amide bonds. The average Bonchev–Trinajstić information content (AvgIpc) is 3.76. The molecule has 6 rings (SSSR count). The lowest BCUT2D eigenvalue weighted by Crippen LogP contribution is -2.20. The van der Waals surface area contributed by atoms with E-state index in [2.05, 4.69) is 20.7 Å². The number of amides is 1. The van der Waals surface area contributed by atoms with Crippen LogP contribution in [-0.4, -0.2) is 63.7 Å². The molecule has 0 saturated carbocycles. The van der Waals surface area contributed by atoms with Crippen molar-refractivity contribution in [2.45, 2.75) is 12.1 Å². The van der Waals surface area contributed by atoms with Gasteiger partial charge in [-0.2, -0.15) is 10.2 Å². The van der Waals surface area contributed by atoms with Crippen molar-refractivity contribution in [2.24, 2.45) is 5.10 Å². The van der Waals surface area contributed by atoms with Crippen LogP contribution in [0.15, 0.2) is 114 Å². The van der Waals surface area contributed by atoms with E-state index < -0.39 is 0 Å². The van der Waals surface area contributed by atoms with Crippen molar-refractivity contribution < 1.29 is 19.0 Å². The molecule has 0 aliphatic heterocycles. The van der Waals surface area contributed by atoms with Gasteiger partial charge in [0.25, 0.3) is 5.91 Å². The standard InChI is InChI=1S/C36H33N7O4S/c1-24-15-17-25(18-16-24)33-27(22-42(41-33)28-11-7-5-8-12-28)21-37-38-32(44)23-48-36-40-39-35(43(36)29-13-9-6-10-14-29)26-19-30(45-2)34(47-4)31(20-26)46-3/h5-22H,23H2,1-4H3,(H,38,44)/b37-21-. The van der Waals surface area contributed by atoms with Gasteiger partial charge in [-0.05, 0) is 43.3 Å². The number of aryl methyl sites for hydroxylation is 1. The number of ether oxygens (including phenoxy) is 3. The summed E-state index contributed by atoms with van der Waals surface area (Å²) in [6.45, 7) is 2.04. The van der Waals surface area contributed by atoms with E-state index in [4.69, 9.17) is 19.3 Å². The molecule has 2 heterocycles. The number of hydrazone groups is 1. The minimum Gasteiger partial charge on any atom is -0.493 e. The van der Waals surface area contributed by atoms with E-state index in [1.165, 1.54) is 11.8 Å². The van der Waals surface area contributed by atoms with Gasteiger partial charge in [0.1, 0.15) is 5.69 Å². The molecule has 0 bridgehead atoms. The molecule has 0 atom stereocenters. The Bertz CT molecular complexity index is 2020. The summed E-state index contributed by atoms with van der Waals surface area (Å²) < 4.78 is 20.3. The molecule has 0 radical (unpaired) electrons. The molecule has 11 nitrogen and oxygen atoms in total. The van der Waals surface area contributed by atoms with Crippen LogP contribution in [0.3, 0.4) is 0 Å². The summed E-state index contributed by atoms with van der Waals surface area (Å²) in [5, 5.41) is 18.5. The Balaban J connectivity index is 1.23. The highest BCUT2D eigenvalue weighted by Gasteiger charge is 2.21. The first-order valence-electron chi connectivity index (χ1n) is 15.0. The third kappa shape index (κ3) is 6.93. The van der Waals surface area contributed by atoms with E-state index in [0.717, 1.165) is 33.8 Å². The minimum absolute atomic E-state index is 0.0473. The molecular formula is C36H33N7O4S. The van der Waals surface area contributed by atoms with Gasteiger partial charge in [0, 0.05) is 28.6 Å². The molecule has 0 fully saturated rings. The number of para-hydroxylation sites is 2. The van der Waals surface area contributed by atoms with Gasteiger partial charge in [-0.25, -0.2) is 10.1 Å². The molecule has 1 N–H and O–H groups in total. The Hall–Kier alpha value is -5.88. The number of aromatic nitrogens is 5. The molecule has 2 aromatic heterocycles. The van der Waals surface area contributed by atoms with E-state index in [0.29, 0.717) is 33.8 Å². The quantitative estimate of drug-likeness (QED) is 0.0916. The molecule has 0 spiro atoms. The van der Waals surface area contributed by atoms with E-state index >= 15 is 0 Å². The maximum Gasteiger partial charge on any atom is 0.250 e. The van der Waals surface area contributed by atoms with Crippen LogP contribution in [0.2, 0.25) is 0 Å². The topological polar surface area (TPSA) is 118 Å². The Morgan fingerprint density at radius 3 is 2.10 bits per heavy atom. The fourth-order valence-corrected chi connectivity index (χ4v) is 5.78. The number of nitrogens with one attached hydrogen (secondary N) is 1. The van der Waals surface area contributed by atoms with Crippen molar-refractivity contribution in [3.05, 3.63) is 114 Å². The first-order valence-corrected chi connectivity index (χ1v) is 16.0.